The second-order valence-electron chi connectivity index (χ2n) is 7.24. The van der Waals surface area contributed by atoms with Crippen LogP contribution in [-0.2, 0) is 9.59 Å². The maximum Gasteiger partial charge on any atom is 0.223 e. The highest BCUT2D eigenvalue weighted by Gasteiger charge is 2.32. The van der Waals surface area contributed by atoms with E-state index in [0.29, 0.717) is 37.3 Å². The SMILES string of the molecule is CCN(CC)C(=O)CCC(=O)NC1CC(C)CC(C)(C)C1. The molecule has 4 heteroatoms. The van der Waals surface area contributed by atoms with Gasteiger partial charge in [-0.25, -0.2) is 0 Å². The van der Waals surface area contributed by atoms with Crippen LogP contribution in [0, 0.1) is 11.3 Å². The summed E-state index contributed by atoms with van der Waals surface area (Å²) in [5.74, 6) is 0.745. The van der Waals surface area contributed by atoms with E-state index in [2.05, 4.69) is 26.1 Å². The van der Waals surface area contributed by atoms with Gasteiger partial charge in [0.25, 0.3) is 0 Å². The Bertz CT molecular complexity index is 362. The van der Waals surface area contributed by atoms with Crippen molar-refractivity contribution < 1.29 is 9.59 Å². The lowest BCUT2D eigenvalue weighted by Gasteiger charge is -2.39. The first kappa shape index (κ1) is 18.0. The monoisotopic (exact) mass is 296 g/mol. The van der Waals surface area contributed by atoms with E-state index >= 15 is 0 Å². The Morgan fingerprint density at radius 2 is 1.76 bits per heavy atom. The molecule has 2 unspecified atom stereocenters. The minimum Gasteiger partial charge on any atom is -0.353 e. The lowest BCUT2D eigenvalue weighted by molar-refractivity contribution is -0.133. The molecule has 0 heterocycles. The van der Waals surface area contributed by atoms with Crippen molar-refractivity contribution in [3.63, 3.8) is 0 Å². The minimum absolute atomic E-state index is 0.0189. The van der Waals surface area contributed by atoms with Crippen molar-refractivity contribution in [2.75, 3.05) is 13.1 Å². The fourth-order valence-corrected chi connectivity index (χ4v) is 3.71. The van der Waals surface area contributed by atoms with Gasteiger partial charge in [-0.05, 0) is 44.4 Å². The average molecular weight is 296 g/mol. The minimum atomic E-state index is 0.0189. The van der Waals surface area contributed by atoms with Crippen molar-refractivity contribution in [3.05, 3.63) is 0 Å². The molecular formula is C17H32N2O2. The van der Waals surface area contributed by atoms with Crippen LogP contribution in [0.1, 0.15) is 66.7 Å². The van der Waals surface area contributed by atoms with Crippen LogP contribution in [0.25, 0.3) is 0 Å². The highest BCUT2D eigenvalue weighted by molar-refractivity contribution is 5.83. The van der Waals surface area contributed by atoms with Gasteiger partial charge in [-0.15, -0.1) is 0 Å². The van der Waals surface area contributed by atoms with Crippen LogP contribution in [0.15, 0.2) is 0 Å². The predicted octanol–water partition coefficient (Wildman–Crippen LogP) is 2.97. The maximum absolute atomic E-state index is 12.1. The zero-order valence-electron chi connectivity index (χ0n) is 14.4. The molecule has 21 heavy (non-hydrogen) atoms. The second-order valence-corrected chi connectivity index (χ2v) is 7.24. The molecule has 1 aliphatic rings. The van der Waals surface area contributed by atoms with Gasteiger partial charge in [-0.3, -0.25) is 9.59 Å². The first-order valence-corrected chi connectivity index (χ1v) is 8.34. The number of nitrogens with one attached hydrogen (secondary N) is 1. The van der Waals surface area contributed by atoms with Crippen molar-refractivity contribution in [1.29, 1.82) is 0 Å². The van der Waals surface area contributed by atoms with Crippen LogP contribution in [0.4, 0.5) is 0 Å². The topological polar surface area (TPSA) is 49.4 Å². The third-order valence-corrected chi connectivity index (χ3v) is 4.43. The van der Waals surface area contributed by atoms with E-state index in [1.54, 1.807) is 4.90 Å². The van der Waals surface area contributed by atoms with Crippen molar-refractivity contribution in [2.45, 2.75) is 72.8 Å². The van der Waals surface area contributed by atoms with Gasteiger partial charge in [0.1, 0.15) is 0 Å². The summed E-state index contributed by atoms with van der Waals surface area (Å²) >= 11 is 0. The maximum atomic E-state index is 12.1. The molecule has 2 amide bonds. The standard InChI is InChI=1S/C17H32N2O2/c1-6-19(7-2)16(21)9-8-15(20)18-14-10-13(3)11-17(4,5)12-14/h13-14H,6-12H2,1-5H3,(H,18,20). The van der Waals surface area contributed by atoms with Gasteiger partial charge in [-0.1, -0.05) is 20.8 Å². The fourth-order valence-electron chi connectivity index (χ4n) is 3.71. The first-order chi connectivity index (χ1) is 9.77. The summed E-state index contributed by atoms with van der Waals surface area (Å²) in [6, 6.07) is 0.264. The Balaban J connectivity index is 2.38. The fraction of sp³-hybridized carbons (Fsp3) is 0.882. The largest absolute Gasteiger partial charge is 0.353 e. The molecular weight excluding hydrogens is 264 g/mol. The molecule has 0 aromatic carbocycles. The Kier molecular flexibility index (Phi) is 6.69. The molecule has 0 radical (unpaired) electrons. The lowest BCUT2D eigenvalue weighted by atomic mass is 9.70. The lowest BCUT2D eigenvalue weighted by Crippen LogP contribution is -2.43. The molecule has 2 atom stereocenters. The molecule has 122 valence electrons. The smallest absolute Gasteiger partial charge is 0.223 e. The number of amides is 2. The van der Waals surface area contributed by atoms with Crippen molar-refractivity contribution in [3.8, 4) is 0 Å². The van der Waals surface area contributed by atoms with Crippen LogP contribution >= 0.6 is 0 Å². The summed E-state index contributed by atoms with van der Waals surface area (Å²) in [5.41, 5.74) is 0.298. The van der Waals surface area contributed by atoms with Crippen LogP contribution in [0.2, 0.25) is 0 Å². The summed E-state index contributed by atoms with van der Waals surface area (Å²) in [4.78, 5) is 25.7. The zero-order chi connectivity index (χ0) is 16.0. The van der Waals surface area contributed by atoms with Gasteiger partial charge in [0.2, 0.25) is 11.8 Å². The van der Waals surface area contributed by atoms with Crippen LogP contribution in [0.3, 0.4) is 0 Å². The molecule has 1 aliphatic carbocycles. The molecule has 0 aromatic heterocycles. The molecule has 0 spiro atoms. The molecule has 0 aromatic rings. The Morgan fingerprint density at radius 3 is 2.29 bits per heavy atom. The highest BCUT2D eigenvalue weighted by Crippen LogP contribution is 2.38. The summed E-state index contributed by atoms with van der Waals surface area (Å²) < 4.78 is 0. The van der Waals surface area contributed by atoms with Crippen molar-refractivity contribution >= 4 is 11.8 Å². The van der Waals surface area contributed by atoms with E-state index in [-0.39, 0.29) is 17.9 Å². The van der Waals surface area contributed by atoms with E-state index in [1.165, 1.54) is 6.42 Å². The van der Waals surface area contributed by atoms with E-state index in [1.807, 2.05) is 13.8 Å². The van der Waals surface area contributed by atoms with Crippen LogP contribution < -0.4 is 5.32 Å². The van der Waals surface area contributed by atoms with Gasteiger partial charge in [0.15, 0.2) is 0 Å². The molecule has 1 saturated carbocycles. The Morgan fingerprint density at radius 1 is 1.14 bits per heavy atom. The third kappa shape index (κ3) is 6.06. The van der Waals surface area contributed by atoms with Crippen LogP contribution in [-0.4, -0.2) is 35.8 Å². The van der Waals surface area contributed by atoms with Gasteiger partial charge in [0, 0.05) is 32.0 Å². The highest BCUT2D eigenvalue weighted by atomic mass is 16.2. The van der Waals surface area contributed by atoms with E-state index in [4.69, 9.17) is 0 Å². The summed E-state index contributed by atoms with van der Waals surface area (Å²) in [7, 11) is 0. The predicted molar refractivity (Wildman–Crippen MR) is 85.9 cm³/mol. The van der Waals surface area contributed by atoms with Gasteiger partial charge >= 0.3 is 0 Å². The van der Waals surface area contributed by atoms with Crippen LogP contribution in [0.5, 0.6) is 0 Å². The molecule has 0 bridgehead atoms. The van der Waals surface area contributed by atoms with E-state index in [9.17, 15) is 9.59 Å². The number of nitrogens with zero attached hydrogens (tertiary/aromatic N) is 1. The van der Waals surface area contributed by atoms with E-state index in [0.717, 1.165) is 12.8 Å². The number of hydrogen-bond acceptors (Lipinski definition) is 2. The van der Waals surface area contributed by atoms with Crippen molar-refractivity contribution in [2.24, 2.45) is 11.3 Å². The number of hydrogen-bond donors (Lipinski definition) is 1. The molecule has 0 saturated heterocycles. The van der Waals surface area contributed by atoms with Gasteiger partial charge in [-0.2, -0.15) is 0 Å². The Hall–Kier alpha value is -1.06. The summed E-state index contributed by atoms with van der Waals surface area (Å²) in [6.07, 6.45) is 3.94. The first-order valence-electron chi connectivity index (χ1n) is 8.34. The zero-order valence-corrected chi connectivity index (χ0v) is 14.4. The quantitative estimate of drug-likeness (QED) is 0.819. The van der Waals surface area contributed by atoms with Crippen molar-refractivity contribution in [1.82, 2.24) is 10.2 Å². The summed E-state index contributed by atoms with van der Waals surface area (Å²) in [6.45, 7) is 12.2. The molecule has 0 aliphatic heterocycles. The average Bonchev–Trinajstić information content (AvgIpc) is 2.35. The molecule has 1 rings (SSSR count). The third-order valence-electron chi connectivity index (χ3n) is 4.43. The summed E-state index contributed by atoms with van der Waals surface area (Å²) in [5, 5.41) is 3.13. The Labute approximate surface area is 129 Å². The normalized spacial score (nSPS) is 24.4. The van der Waals surface area contributed by atoms with Gasteiger partial charge < -0.3 is 10.2 Å². The van der Waals surface area contributed by atoms with Gasteiger partial charge in [0.05, 0.1) is 0 Å². The number of rotatable bonds is 6. The van der Waals surface area contributed by atoms with E-state index < -0.39 is 0 Å². The number of carbonyl (C=O) groups excluding carboxylic acids is 2. The number of carbonyl (C=O) groups is 2. The molecule has 1 N–H and O–H groups in total. The molecule has 1 fully saturated rings. The molecule has 4 nitrogen and oxygen atoms in total. The second kappa shape index (κ2) is 7.81.